The monoisotopic (exact) mass is 180 g/mol. The lowest BCUT2D eigenvalue weighted by Crippen LogP contribution is -2.22. The maximum atomic E-state index is 10.4. The van der Waals surface area contributed by atoms with Crippen LogP contribution in [0.4, 0.5) is 0 Å². The molecule has 1 atom stereocenters. The molecule has 0 aliphatic rings. The van der Waals surface area contributed by atoms with E-state index in [-0.39, 0.29) is 6.61 Å². The molecule has 66 valence electrons. The SMILES string of the molecule is C=CCOCC(C)S(=O)(=O)O. The van der Waals surface area contributed by atoms with Crippen LogP contribution in [-0.2, 0) is 14.9 Å². The van der Waals surface area contributed by atoms with Crippen molar-refractivity contribution in [2.75, 3.05) is 13.2 Å². The van der Waals surface area contributed by atoms with Gasteiger partial charge < -0.3 is 4.74 Å². The zero-order chi connectivity index (χ0) is 8.91. The van der Waals surface area contributed by atoms with Gasteiger partial charge in [-0.05, 0) is 6.92 Å². The van der Waals surface area contributed by atoms with Gasteiger partial charge in [0.05, 0.1) is 13.2 Å². The first kappa shape index (κ1) is 10.6. The maximum absolute atomic E-state index is 10.4. The second-order valence-corrected chi connectivity index (χ2v) is 3.99. The van der Waals surface area contributed by atoms with Gasteiger partial charge >= 0.3 is 0 Å². The smallest absolute Gasteiger partial charge is 0.269 e. The Morgan fingerprint density at radius 1 is 1.73 bits per heavy atom. The van der Waals surface area contributed by atoms with Crippen LogP contribution >= 0.6 is 0 Å². The Kier molecular flexibility index (Phi) is 4.32. The van der Waals surface area contributed by atoms with Crippen LogP contribution in [0.3, 0.4) is 0 Å². The Balaban J connectivity index is 3.70. The molecule has 0 aromatic carbocycles. The standard InChI is InChI=1S/C6H12O4S/c1-3-4-10-5-6(2)11(7,8)9/h3,6H,1,4-5H2,2H3,(H,7,8,9). The number of ether oxygens (including phenoxy) is 1. The van der Waals surface area contributed by atoms with Crippen molar-refractivity contribution < 1.29 is 17.7 Å². The Hall–Kier alpha value is -0.390. The minimum atomic E-state index is -3.94. The van der Waals surface area contributed by atoms with Gasteiger partial charge in [0.2, 0.25) is 0 Å². The van der Waals surface area contributed by atoms with Crippen LogP contribution in [0.1, 0.15) is 6.92 Å². The molecule has 0 aliphatic heterocycles. The van der Waals surface area contributed by atoms with Crippen molar-refractivity contribution in [1.82, 2.24) is 0 Å². The molecule has 0 saturated carbocycles. The van der Waals surface area contributed by atoms with E-state index < -0.39 is 15.4 Å². The third-order valence-corrected chi connectivity index (χ3v) is 2.25. The molecule has 5 heteroatoms. The van der Waals surface area contributed by atoms with E-state index in [0.717, 1.165) is 0 Å². The summed E-state index contributed by atoms with van der Waals surface area (Å²) in [4.78, 5) is 0. The molecule has 0 bridgehead atoms. The predicted molar refractivity (Wildman–Crippen MR) is 42.0 cm³/mol. The molecule has 4 nitrogen and oxygen atoms in total. The summed E-state index contributed by atoms with van der Waals surface area (Å²) in [5.41, 5.74) is 0. The van der Waals surface area contributed by atoms with Crippen LogP contribution < -0.4 is 0 Å². The molecule has 0 aromatic rings. The number of rotatable bonds is 5. The highest BCUT2D eigenvalue weighted by Gasteiger charge is 2.16. The highest BCUT2D eigenvalue weighted by Crippen LogP contribution is 1.97. The molecular formula is C6H12O4S. The molecule has 0 rings (SSSR count). The van der Waals surface area contributed by atoms with E-state index in [9.17, 15) is 8.42 Å². The summed E-state index contributed by atoms with van der Waals surface area (Å²) in [6, 6.07) is 0. The molecule has 0 amide bonds. The normalized spacial score (nSPS) is 14.4. The van der Waals surface area contributed by atoms with Gasteiger partial charge in [-0.2, -0.15) is 8.42 Å². The van der Waals surface area contributed by atoms with Gasteiger partial charge in [-0.3, -0.25) is 4.55 Å². The fraction of sp³-hybridized carbons (Fsp3) is 0.667. The molecule has 0 saturated heterocycles. The summed E-state index contributed by atoms with van der Waals surface area (Å²) in [6.07, 6.45) is 1.51. The first-order valence-corrected chi connectivity index (χ1v) is 4.63. The largest absolute Gasteiger partial charge is 0.376 e. The van der Waals surface area contributed by atoms with Crippen LogP contribution in [-0.4, -0.2) is 31.4 Å². The van der Waals surface area contributed by atoms with Crippen LogP contribution in [0.15, 0.2) is 12.7 Å². The third-order valence-electron chi connectivity index (χ3n) is 1.10. The Morgan fingerprint density at radius 2 is 2.27 bits per heavy atom. The Bertz CT molecular complexity index is 207. The topological polar surface area (TPSA) is 63.6 Å². The highest BCUT2D eigenvalue weighted by molar-refractivity contribution is 7.86. The van der Waals surface area contributed by atoms with E-state index in [1.165, 1.54) is 13.0 Å². The third kappa shape index (κ3) is 4.94. The Morgan fingerprint density at radius 3 is 2.64 bits per heavy atom. The molecular weight excluding hydrogens is 168 g/mol. The van der Waals surface area contributed by atoms with Gasteiger partial charge in [-0.15, -0.1) is 6.58 Å². The van der Waals surface area contributed by atoms with E-state index >= 15 is 0 Å². The lowest BCUT2D eigenvalue weighted by atomic mass is 10.5. The van der Waals surface area contributed by atoms with Crippen LogP contribution in [0, 0.1) is 0 Å². The zero-order valence-electron chi connectivity index (χ0n) is 6.36. The fourth-order valence-electron chi connectivity index (χ4n) is 0.403. The minimum absolute atomic E-state index is 0.00907. The lowest BCUT2D eigenvalue weighted by molar-refractivity contribution is 0.162. The summed E-state index contributed by atoms with van der Waals surface area (Å²) >= 11 is 0. The summed E-state index contributed by atoms with van der Waals surface area (Å²) in [5.74, 6) is 0. The van der Waals surface area contributed by atoms with Crippen molar-refractivity contribution in [3.63, 3.8) is 0 Å². The van der Waals surface area contributed by atoms with Gasteiger partial charge in [-0.1, -0.05) is 6.08 Å². The van der Waals surface area contributed by atoms with E-state index in [1.54, 1.807) is 0 Å². The summed E-state index contributed by atoms with van der Waals surface area (Å²) < 4.78 is 34.0. The second kappa shape index (κ2) is 4.48. The maximum Gasteiger partial charge on any atom is 0.269 e. The molecule has 0 radical (unpaired) electrons. The van der Waals surface area contributed by atoms with Gasteiger partial charge in [0.25, 0.3) is 10.1 Å². The van der Waals surface area contributed by atoms with Gasteiger partial charge in [0.15, 0.2) is 0 Å². The molecule has 11 heavy (non-hydrogen) atoms. The van der Waals surface area contributed by atoms with E-state index in [1.807, 2.05) is 0 Å². The van der Waals surface area contributed by atoms with Crippen LogP contribution in [0.5, 0.6) is 0 Å². The second-order valence-electron chi connectivity index (χ2n) is 2.15. The minimum Gasteiger partial charge on any atom is -0.376 e. The molecule has 0 aliphatic carbocycles. The summed E-state index contributed by atoms with van der Waals surface area (Å²) in [5, 5.41) is -0.873. The highest BCUT2D eigenvalue weighted by atomic mass is 32.2. The van der Waals surface area contributed by atoms with E-state index in [4.69, 9.17) is 9.29 Å². The Labute approximate surface area is 66.6 Å². The van der Waals surface area contributed by atoms with Crippen molar-refractivity contribution in [2.24, 2.45) is 0 Å². The van der Waals surface area contributed by atoms with E-state index in [2.05, 4.69) is 6.58 Å². The molecule has 1 unspecified atom stereocenters. The van der Waals surface area contributed by atoms with Crippen molar-refractivity contribution >= 4 is 10.1 Å². The average Bonchev–Trinajstić information content (AvgIpc) is 1.86. The van der Waals surface area contributed by atoms with Crippen molar-refractivity contribution in [3.8, 4) is 0 Å². The van der Waals surface area contributed by atoms with Crippen molar-refractivity contribution in [3.05, 3.63) is 12.7 Å². The summed E-state index contributed by atoms with van der Waals surface area (Å²) in [6.45, 7) is 5.04. The molecule has 0 fully saturated rings. The van der Waals surface area contributed by atoms with E-state index in [0.29, 0.717) is 6.61 Å². The first-order chi connectivity index (χ1) is 4.98. The van der Waals surface area contributed by atoms with Crippen molar-refractivity contribution in [1.29, 1.82) is 0 Å². The first-order valence-electron chi connectivity index (χ1n) is 3.13. The molecule has 0 spiro atoms. The summed E-state index contributed by atoms with van der Waals surface area (Å²) in [7, 11) is -3.94. The number of hydrogen-bond donors (Lipinski definition) is 1. The molecule has 1 N–H and O–H groups in total. The molecule has 0 aromatic heterocycles. The van der Waals surface area contributed by atoms with Crippen molar-refractivity contribution in [2.45, 2.75) is 12.2 Å². The zero-order valence-corrected chi connectivity index (χ0v) is 7.17. The van der Waals surface area contributed by atoms with Gasteiger partial charge in [-0.25, -0.2) is 0 Å². The molecule has 0 heterocycles. The van der Waals surface area contributed by atoms with Gasteiger partial charge in [0, 0.05) is 0 Å². The number of hydrogen-bond acceptors (Lipinski definition) is 3. The van der Waals surface area contributed by atoms with Gasteiger partial charge in [0.1, 0.15) is 5.25 Å². The van der Waals surface area contributed by atoms with Crippen LogP contribution in [0.2, 0.25) is 0 Å². The average molecular weight is 180 g/mol. The predicted octanol–water partition coefficient (Wildman–Crippen LogP) is 0.465. The fourth-order valence-corrected chi connectivity index (χ4v) is 0.672. The quantitative estimate of drug-likeness (QED) is 0.379. The van der Waals surface area contributed by atoms with Crippen LogP contribution in [0.25, 0.3) is 0 Å². The lowest BCUT2D eigenvalue weighted by Gasteiger charge is -2.06.